The molecule has 0 aliphatic heterocycles. The van der Waals surface area contributed by atoms with Crippen LogP contribution in [0.2, 0.25) is 0 Å². The number of nitrogens with one attached hydrogen (secondary N) is 2. The Labute approximate surface area is 120 Å². The highest BCUT2D eigenvalue weighted by Crippen LogP contribution is 2.12. The fourth-order valence-electron chi connectivity index (χ4n) is 1.58. The molecular formula is C13H21N3O3S. The summed E-state index contributed by atoms with van der Waals surface area (Å²) >= 11 is 0. The Balaban J connectivity index is 2.53. The maximum atomic E-state index is 12.2. The Kier molecular flexibility index (Phi) is 6.63. The molecule has 0 fully saturated rings. The zero-order chi connectivity index (χ0) is 15.0. The molecule has 0 aliphatic carbocycles. The first-order chi connectivity index (χ1) is 9.48. The van der Waals surface area contributed by atoms with Gasteiger partial charge in [0.15, 0.2) is 0 Å². The molecule has 0 aliphatic rings. The van der Waals surface area contributed by atoms with Gasteiger partial charge in [-0.15, -0.1) is 0 Å². The molecule has 0 bridgehead atoms. The van der Waals surface area contributed by atoms with Crippen molar-refractivity contribution in [3.05, 3.63) is 30.3 Å². The predicted molar refractivity (Wildman–Crippen MR) is 77.8 cm³/mol. The van der Waals surface area contributed by atoms with Crippen molar-refractivity contribution < 1.29 is 13.2 Å². The summed E-state index contributed by atoms with van der Waals surface area (Å²) in [5, 5.41) is 5.73. The SMILES string of the molecule is CCNCCNC(=O)CN(C)S(=O)(=O)c1ccccc1. The third-order valence-electron chi connectivity index (χ3n) is 2.69. The van der Waals surface area contributed by atoms with Gasteiger partial charge in [0.25, 0.3) is 0 Å². The molecule has 112 valence electrons. The van der Waals surface area contributed by atoms with Gasteiger partial charge < -0.3 is 10.6 Å². The fraction of sp³-hybridized carbons (Fsp3) is 0.462. The average molecular weight is 299 g/mol. The second kappa shape index (κ2) is 7.98. The molecule has 1 aromatic rings. The molecule has 1 aromatic carbocycles. The van der Waals surface area contributed by atoms with Crippen LogP contribution in [0, 0.1) is 0 Å². The summed E-state index contributed by atoms with van der Waals surface area (Å²) in [6.07, 6.45) is 0. The molecule has 0 aromatic heterocycles. The smallest absolute Gasteiger partial charge is 0.243 e. The normalized spacial score (nSPS) is 11.6. The third-order valence-corrected chi connectivity index (χ3v) is 4.51. The van der Waals surface area contributed by atoms with E-state index in [9.17, 15) is 13.2 Å². The molecule has 2 N–H and O–H groups in total. The lowest BCUT2D eigenvalue weighted by Gasteiger charge is -2.16. The van der Waals surface area contributed by atoms with Gasteiger partial charge >= 0.3 is 0 Å². The van der Waals surface area contributed by atoms with Crippen LogP contribution >= 0.6 is 0 Å². The maximum absolute atomic E-state index is 12.2. The molecule has 0 atom stereocenters. The Hall–Kier alpha value is -1.44. The number of benzene rings is 1. The van der Waals surface area contributed by atoms with Gasteiger partial charge in [0.2, 0.25) is 15.9 Å². The highest BCUT2D eigenvalue weighted by molar-refractivity contribution is 7.89. The molecule has 0 radical (unpaired) electrons. The van der Waals surface area contributed by atoms with Gasteiger partial charge in [0.05, 0.1) is 11.4 Å². The Morgan fingerprint density at radius 3 is 2.45 bits per heavy atom. The van der Waals surface area contributed by atoms with Gasteiger partial charge in [-0.2, -0.15) is 4.31 Å². The van der Waals surface area contributed by atoms with E-state index in [0.29, 0.717) is 13.1 Å². The van der Waals surface area contributed by atoms with E-state index in [2.05, 4.69) is 10.6 Å². The van der Waals surface area contributed by atoms with Crippen molar-refractivity contribution in [3.63, 3.8) is 0 Å². The molecule has 0 saturated carbocycles. The van der Waals surface area contributed by atoms with Crippen LogP contribution in [0.3, 0.4) is 0 Å². The van der Waals surface area contributed by atoms with E-state index in [0.717, 1.165) is 10.8 Å². The quantitative estimate of drug-likeness (QED) is 0.664. The van der Waals surface area contributed by atoms with Crippen molar-refractivity contribution >= 4 is 15.9 Å². The first kappa shape index (κ1) is 16.6. The van der Waals surface area contributed by atoms with Crippen molar-refractivity contribution in [2.24, 2.45) is 0 Å². The van der Waals surface area contributed by atoms with Crippen molar-refractivity contribution in [1.29, 1.82) is 0 Å². The van der Waals surface area contributed by atoms with Gasteiger partial charge in [0.1, 0.15) is 0 Å². The van der Waals surface area contributed by atoms with Crippen LogP contribution in [0.1, 0.15) is 6.92 Å². The minimum Gasteiger partial charge on any atom is -0.354 e. The zero-order valence-electron chi connectivity index (χ0n) is 11.8. The minimum absolute atomic E-state index is 0.183. The van der Waals surface area contributed by atoms with Crippen LogP contribution in [0.15, 0.2) is 35.2 Å². The lowest BCUT2D eigenvalue weighted by atomic mass is 10.4. The van der Waals surface area contributed by atoms with Gasteiger partial charge in [-0.25, -0.2) is 8.42 Å². The topological polar surface area (TPSA) is 78.5 Å². The number of hydrogen-bond acceptors (Lipinski definition) is 4. The van der Waals surface area contributed by atoms with Crippen molar-refractivity contribution in [2.45, 2.75) is 11.8 Å². The second-order valence-corrected chi connectivity index (χ2v) is 6.32. The summed E-state index contributed by atoms with van der Waals surface area (Å²) in [7, 11) is -2.22. The van der Waals surface area contributed by atoms with E-state index in [1.165, 1.54) is 19.2 Å². The van der Waals surface area contributed by atoms with Crippen LogP contribution < -0.4 is 10.6 Å². The molecule has 0 heterocycles. The van der Waals surface area contributed by atoms with E-state index < -0.39 is 10.0 Å². The van der Waals surface area contributed by atoms with Gasteiger partial charge in [-0.3, -0.25) is 4.79 Å². The molecule has 1 amide bonds. The first-order valence-corrected chi connectivity index (χ1v) is 7.91. The standard InChI is InChI=1S/C13H21N3O3S/c1-3-14-9-10-15-13(17)11-16(2)20(18,19)12-7-5-4-6-8-12/h4-8,14H,3,9-11H2,1-2H3,(H,15,17). The van der Waals surface area contributed by atoms with E-state index in [4.69, 9.17) is 0 Å². The van der Waals surface area contributed by atoms with Gasteiger partial charge in [0, 0.05) is 20.1 Å². The van der Waals surface area contributed by atoms with Gasteiger partial charge in [-0.1, -0.05) is 25.1 Å². The molecule has 0 saturated heterocycles. The van der Waals surface area contributed by atoms with Crippen molar-refractivity contribution in [3.8, 4) is 0 Å². The van der Waals surface area contributed by atoms with E-state index in [1.54, 1.807) is 18.2 Å². The highest BCUT2D eigenvalue weighted by Gasteiger charge is 2.22. The predicted octanol–water partition coefficient (Wildman–Crippen LogP) is 0.0328. The summed E-state index contributed by atoms with van der Waals surface area (Å²) in [4.78, 5) is 11.8. The number of nitrogens with zero attached hydrogens (tertiary/aromatic N) is 1. The van der Waals surface area contributed by atoms with E-state index in [1.807, 2.05) is 6.92 Å². The van der Waals surface area contributed by atoms with Crippen molar-refractivity contribution in [1.82, 2.24) is 14.9 Å². The minimum atomic E-state index is -3.61. The average Bonchev–Trinajstić information content (AvgIpc) is 2.44. The summed E-state index contributed by atoms with van der Waals surface area (Å²) in [5.74, 6) is -0.315. The summed E-state index contributed by atoms with van der Waals surface area (Å²) in [5.41, 5.74) is 0. The van der Waals surface area contributed by atoms with Gasteiger partial charge in [-0.05, 0) is 18.7 Å². The molecule has 1 rings (SSSR count). The Morgan fingerprint density at radius 1 is 1.20 bits per heavy atom. The fourth-order valence-corrected chi connectivity index (χ4v) is 2.73. The highest BCUT2D eigenvalue weighted by atomic mass is 32.2. The van der Waals surface area contributed by atoms with Crippen LogP contribution in [-0.2, 0) is 14.8 Å². The number of likely N-dealkylation sites (N-methyl/N-ethyl adjacent to an activating group) is 2. The Morgan fingerprint density at radius 2 is 1.85 bits per heavy atom. The molecule has 7 heteroatoms. The number of hydrogen-bond donors (Lipinski definition) is 2. The van der Waals surface area contributed by atoms with Crippen LogP contribution in [0.5, 0.6) is 0 Å². The molecular weight excluding hydrogens is 278 g/mol. The van der Waals surface area contributed by atoms with E-state index >= 15 is 0 Å². The molecule has 0 unspecified atom stereocenters. The molecule has 0 spiro atoms. The van der Waals surface area contributed by atoms with E-state index in [-0.39, 0.29) is 17.3 Å². The summed E-state index contributed by atoms with van der Waals surface area (Å²) < 4.78 is 25.4. The molecule has 6 nitrogen and oxygen atoms in total. The number of amides is 1. The molecule has 20 heavy (non-hydrogen) atoms. The monoisotopic (exact) mass is 299 g/mol. The Bertz CT molecular complexity index is 517. The largest absolute Gasteiger partial charge is 0.354 e. The second-order valence-electron chi connectivity index (χ2n) is 4.28. The maximum Gasteiger partial charge on any atom is 0.243 e. The van der Waals surface area contributed by atoms with Crippen LogP contribution in [-0.4, -0.2) is 51.9 Å². The lowest BCUT2D eigenvalue weighted by Crippen LogP contribution is -2.40. The summed E-state index contributed by atoms with van der Waals surface area (Å²) in [6, 6.07) is 8.06. The first-order valence-electron chi connectivity index (χ1n) is 6.47. The number of carbonyl (C=O) groups excluding carboxylic acids is 1. The summed E-state index contributed by atoms with van der Waals surface area (Å²) in [6.45, 7) is 3.76. The van der Waals surface area contributed by atoms with Crippen LogP contribution in [0.4, 0.5) is 0 Å². The number of rotatable bonds is 8. The zero-order valence-corrected chi connectivity index (χ0v) is 12.6. The van der Waals surface area contributed by atoms with Crippen LogP contribution in [0.25, 0.3) is 0 Å². The number of carbonyl (C=O) groups is 1. The third kappa shape index (κ3) is 4.92. The number of sulfonamides is 1. The van der Waals surface area contributed by atoms with Crippen molar-refractivity contribution in [2.75, 3.05) is 33.2 Å². The lowest BCUT2D eigenvalue weighted by molar-refractivity contribution is -0.121.